The SMILES string of the molecule is CC(C)CC(NCc1cccc(Cl)c1O)C(=O)O. The fraction of sp³-hybridized carbons (Fsp3) is 0.462. The molecule has 100 valence electrons. The number of carbonyl (C=O) groups is 1. The summed E-state index contributed by atoms with van der Waals surface area (Å²) in [7, 11) is 0. The van der Waals surface area contributed by atoms with Crippen molar-refractivity contribution in [1.29, 1.82) is 0 Å². The van der Waals surface area contributed by atoms with Gasteiger partial charge in [-0.15, -0.1) is 0 Å². The van der Waals surface area contributed by atoms with Crippen molar-refractivity contribution in [2.24, 2.45) is 5.92 Å². The van der Waals surface area contributed by atoms with Crippen LogP contribution in [0.5, 0.6) is 5.75 Å². The first-order valence-corrected chi connectivity index (χ1v) is 6.22. The Hall–Kier alpha value is -1.26. The molecule has 0 amide bonds. The van der Waals surface area contributed by atoms with Gasteiger partial charge < -0.3 is 15.5 Å². The third-order valence-corrected chi connectivity index (χ3v) is 2.92. The normalized spacial score (nSPS) is 12.7. The van der Waals surface area contributed by atoms with Gasteiger partial charge >= 0.3 is 5.97 Å². The first kappa shape index (κ1) is 14.8. The monoisotopic (exact) mass is 271 g/mol. The quantitative estimate of drug-likeness (QED) is 0.744. The van der Waals surface area contributed by atoms with Gasteiger partial charge in [-0.25, -0.2) is 0 Å². The molecular formula is C13H18ClNO3. The average molecular weight is 272 g/mol. The Morgan fingerprint density at radius 2 is 2.11 bits per heavy atom. The molecule has 0 fully saturated rings. The van der Waals surface area contributed by atoms with Crippen LogP contribution in [0.1, 0.15) is 25.8 Å². The summed E-state index contributed by atoms with van der Waals surface area (Å²) in [5.41, 5.74) is 0.595. The molecule has 0 aromatic heterocycles. The highest BCUT2D eigenvalue weighted by Gasteiger charge is 2.18. The van der Waals surface area contributed by atoms with Gasteiger partial charge in [0.15, 0.2) is 0 Å². The first-order chi connectivity index (χ1) is 8.41. The fourth-order valence-electron chi connectivity index (χ4n) is 1.68. The molecule has 0 aliphatic carbocycles. The number of benzene rings is 1. The number of hydrogen-bond acceptors (Lipinski definition) is 3. The number of aliphatic carboxylic acids is 1. The van der Waals surface area contributed by atoms with Crippen LogP contribution in [0, 0.1) is 5.92 Å². The summed E-state index contributed by atoms with van der Waals surface area (Å²) < 4.78 is 0. The van der Waals surface area contributed by atoms with E-state index in [0.29, 0.717) is 12.0 Å². The minimum absolute atomic E-state index is 0.000326. The predicted octanol–water partition coefficient (Wildman–Crippen LogP) is 2.63. The number of rotatable bonds is 6. The summed E-state index contributed by atoms with van der Waals surface area (Å²) in [5.74, 6) is -0.600. The molecule has 1 unspecified atom stereocenters. The van der Waals surface area contributed by atoms with E-state index in [2.05, 4.69) is 5.32 Å². The van der Waals surface area contributed by atoms with E-state index in [9.17, 15) is 9.90 Å². The Morgan fingerprint density at radius 3 is 2.67 bits per heavy atom. The Balaban J connectivity index is 2.67. The van der Waals surface area contributed by atoms with Crippen molar-refractivity contribution in [1.82, 2.24) is 5.32 Å². The standard InChI is InChI=1S/C13H18ClNO3/c1-8(2)6-11(13(17)18)15-7-9-4-3-5-10(14)12(9)16/h3-5,8,11,15-16H,6-7H2,1-2H3,(H,17,18). The van der Waals surface area contributed by atoms with Crippen LogP contribution in [0.4, 0.5) is 0 Å². The van der Waals surface area contributed by atoms with Gasteiger partial charge in [-0.2, -0.15) is 0 Å². The highest BCUT2D eigenvalue weighted by Crippen LogP contribution is 2.26. The molecule has 1 aromatic rings. The molecule has 5 heteroatoms. The van der Waals surface area contributed by atoms with Gasteiger partial charge in [0, 0.05) is 12.1 Å². The molecule has 1 atom stereocenters. The van der Waals surface area contributed by atoms with Crippen LogP contribution in [-0.4, -0.2) is 22.2 Å². The number of para-hydroxylation sites is 1. The number of phenolic OH excluding ortho intramolecular Hbond substituents is 1. The summed E-state index contributed by atoms with van der Waals surface area (Å²) in [6.07, 6.45) is 0.538. The van der Waals surface area contributed by atoms with Gasteiger partial charge in [0.1, 0.15) is 11.8 Å². The van der Waals surface area contributed by atoms with E-state index in [1.54, 1.807) is 18.2 Å². The second-order valence-electron chi connectivity index (χ2n) is 4.65. The lowest BCUT2D eigenvalue weighted by molar-refractivity contribution is -0.140. The Bertz CT molecular complexity index is 421. The zero-order chi connectivity index (χ0) is 13.7. The molecule has 0 heterocycles. The lowest BCUT2D eigenvalue weighted by Crippen LogP contribution is -2.37. The minimum Gasteiger partial charge on any atom is -0.506 e. The average Bonchev–Trinajstić information content (AvgIpc) is 2.28. The van der Waals surface area contributed by atoms with Crippen LogP contribution in [-0.2, 0) is 11.3 Å². The summed E-state index contributed by atoms with van der Waals surface area (Å²) >= 11 is 5.78. The maximum atomic E-state index is 11.1. The topological polar surface area (TPSA) is 69.6 Å². The molecule has 0 radical (unpaired) electrons. The highest BCUT2D eigenvalue weighted by molar-refractivity contribution is 6.32. The van der Waals surface area contributed by atoms with Crippen molar-refractivity contribution < 1.29 is 15.0 Å². The van der Waals surface area contributed by atoms with E-state index in [1.807, 2.05) is 13.8 Å². The van der Waals surface area contributed by atoms with E-state index in [-0.39, 0.29) is 23.2 Å². The van der Waals surface area contributed by atoms with Crippen molar-refractivity contribution >= 4 is 17.6 Å². The van der Waals surface area contributed by atoms with Gasteiger partial charge in [-0.3, -0.25) is 4.79 Å². The van der Waals surface area contributed by atoms with Gasteiger partial charge in [-0.05, 0) is 18.4 Å². The molecule has 1 rings (SSSR count). The smallest absolute Gasteiger partial charge is 0.320 e. The molecule has 1 aromatic carbocycles. The molecule has 0 bridgehead atoms. The van der Waals surface area contributed by atoms with Crippen molar-refractivity contribution in [2.75, 3.05) is 0 Å². The van der Waals surface area contributed by atoms with E-state index >= 15 is 0 Å². The lowest BCUT2D eigenvalue weighted by atomic mass is 10.0. The second-order valence-corrected chi connectivity index (χ2v) is 5.06. The minimum atomic E-state index is -0.884. The zero-order valence-corrected chi connectivity index (χ0v) is 11.2. The van der Waals surface area contributed by atoms with Crippen molar-refractivity contribution in [2.45, 2.75) is 32.9 Å². The van der Waals surface area contributed by atoms with Crippen LogP contribution >= 0.6 is 11.6 Å². The fourth-order valence-corrected chi connectivity index (χ4v) is 1.87. The van der Waals surface area contributed by atoms with E-state index in [1.165, 1.54) is 0 Å². The molecule has 0 saturated heterocycles. The summed E-state index contributed by atoms with van der Waals surface area (Å²) in [6.45, 7) is 4.21. The lowest BCUT2D eigenvalue weighted by Gasteiger charge is -2.17. The number of phenols is 1. The molecule has 0 spiro atoms. The maximum Gasteiger partial charge on any atom is 0.320 e. The Kier molecular flexibility index (Phi) is 5.44. The van der Waals surface area contributed by atoms with Gasteiger partial charge in [-0.1, -0.05) is 37.6 Å². The second kappa shape index (κ2) is 6.61. The molecule has 0 aliphatic rings. The summed E-state index contributed by atoms with van der Waals surface area (Å²) in [6, 6.07) is 4.39. The van der Waals surface area contributed by atoms with Crippen molar-refractivity contribution in [3.05, 3.63) is 28.8 Å². The van der Waals surface area contributed by atoms with Crippen LogP contribution < -0.4 is 5.32 Å². The number of carboxylic acids is 1. The Labute approximate surface area is 112 Å². The number of halogens is 1. The van der Waals surface area contributed by atoms with Crippen molar-refractivity contribution in [3.63, 3.8) is 0 Å². The van der Waals surface area contributed by atoms with E-state index in [4.69, 9.17) is 16.7 Å². The highest BCUT2D eigenvalue weighted by atomic mass is 35.5. The first-order valence-electron chi connectivity index (χ1n) is 5.84. The zero-order valence-electron chi connectivity index (χ0n) is 10.5. The molecule has 18 heavy (non-hydrogen) atoms. The number of nitrogens with one attached hydrogen (secondary N) is 1. The van der Waals surface area contributed by atoms with Crippen LogP contribution in [0.2, 0.25) is 5.02 Å². The maximum absolute atomic E-state index is 11.1. The van der Waals surface area contributed by atoms with Crippen LogP contribution in [0.25, 0.3) is 0 Å². The van der Waals surface area contributed by atoms with Crippen LogP contribution in [0.3, 0.4) is 0 Å². The van der Waals surface area contributed by atoms with Gasteiger partial charge in [0.2, 0.25) is 0 Å². The molecule has 0 saturated carbocycles. The number of hydrogen-bond donors (Lipinski definition) is 3. The third-order valence-electron chi connectivity index (χ3n) is 2.61. The number of carboxylic acid groups (broad SMARTS) is 1. The largest absolute Gasteiger partial charge is 0.506 e. The number of aromatic hydroxyl groups is 1. The van der Waals surface area contributed by atoms with E-state index in [0.717, 1.165) is 0 Å². The van der Waals surface area contributed by atoms with Crippen molar-refractivity contribution in [3.8, 4) is 5.75 Å². The van der Waals surface area contributed by atoms with Gasteiger partial charge in [0.05, 0.1) is 5.02 Å². The van der Waals surface area contributed by atoms with Gasteiger partial charge in [0.25, 0.3) is 0 Å². The molecule has 3 N–H and O–H groups in total. The molecular weight excluding hydrogens is 254 g/mol. The Morgan fingerprint density at radius 1 is 1.44 bits per heavy atom. The summed E-state index contributed by atoms with van der Waals surface area (Å²) in [4.78, 5) is 11.1. The predicted molar refractivity (Wildman–Crippen MR) is 70.8 cm³/mol. The third kappa shape index (κ3) is 4.20. The van der Waals surface area contributed by atoms with E-state index < -0.39 is 12.0 Å². The summed E-state index contributed by atoms with van der Waals surface area (Å²) in [5, 5.41) is 22.0. The van der Waals surface area contributed by atoms with Crippen LogP contribution in [0.15, 0.2) is 18.2 Å². The molecule has 4 nitrogen and oxygen atoms in total. The molecule has 0 aliphatic heterocycles.